The van der Waals surface area contributed by atoms with Gasteiger partial charge in [-0.1, -0.05) is 12.1 Å². The quantitative estimate of drug-likeness (QED) is 0.484. The molecular weight excluding hydrogens is 265 g/mol. The molecule has 0 unspecified atom stereocenters. The summed E-state index contributed by atoms with van der Waals surface area (Å²) in [7, 11) is 0. The lowest BCUT2D eigenvalue weighted by molar-refractivity contribution is 0.382. The summed E-state index contributed by atoms with van der Waals surface area (Å²) in [5.41, 5.74) is -0.0703. The molecule has 19 heavy (non-hydrogen) atoms. The zero-order valence-corrected chi connectivity index (χ0v) is 9.70. The van der Waals surface area contributed by atoms with Gasteiger partial charge in [0.15, 0.2) is 23.3 Å². The third-order valence-electron chi connectivity index (χ3n) is 2.50. The maximum Gasteiger partial charge on any atom is 0.200 e. The van der Waals surface area contributed by atoms with E-state index in [1.165, 1.54) is 12.1 Å². The molecule has 0 aliphatic carbocycles. The van der Waals surface area contributed by atoms with Crippen LogP contribution in [0.4, 0.5) is 33.3 Å². The van der Waals surface area contributed by atoms with Gasteiger partial charge in [0, 0.05) is 5.69 Å². The standard InChI is InChI=1S/C13H8F5N/c1-6-3-2-4-7(5-6)19-13-11(17)9(15)8(14)10(16)12(13)18/h2-5,19H,1H3. The van der Waals surface area contributed by atoms with E-state index in [-0.39, 0.29) is 5.69 Å². The van der Waals surface area contributed by atoms with E-state index in [0.29, 0.717) is 0 Å². The molecule has 0 atom stereocenters. The number of halogens is 5. The number of hydrogen-bond acceptors (Lipinski definition) is 1. The lowest BCUT2D eigenvalue weighted by Crippen LogP contribution is -2.06. The summed E-state index contributed by atoms with van der Waals surface area (Å²) >= 11 is 0. The Morgan fingerprint density at radius 3 is 1.84 bits per heavy atom. The van der Waals surface area contributed by atoms with Crippen LogP contribution in [0.15, 0.2) is 24.3 Å². The van der Waals surface area contributed by atoms with Crippen LogP contribution in [0.3, 0.4) is 0 Å². The van der Waals surface area contributed by atoms with Crippen molar-refractivity contribution in [3.63, 3.8) is 0 Å². The molecule has 0 saturated heterocycles. The Morgan fingerprint density at radius 1 is 0.789 bits per heavy atom. The molecule has 0 amide bonds. The molecule has 1 N–H and O–H groups in total. The van der Waals surface area contributed by atoms with Gasteiger partial charge in [0.2, 0.25) is 5.82 Å². The molecular formula is C13H8F5N. The molecule has 0 bridgehead atoms. The maximum absolute atomic E-state index is 13.4. The van der Waals surface area contributed by atoms with Crippen molar-refractivity contribution in [2.24, 2.45) is 0 Å². The third kappa shape index (κ3) is 2.38. The summed E-state index contributed by atoms with van der Waals surface area (Å²) in [5, 5.41) is 2.19. The minimum Gasteiger partial charge on any atom is -0.351 e. The molecule has 0 spiro atoms. The average Bonchev–Trinajstić information content (AvgIpc) is 2.39. The second kappa shape index (κ2) is 4.87. The van der Waals surface area contributed by atoms with E-state index in [9.17, 15) is 22.0 Å². The lowest BCUT2D eigenvalue weighted by atomic mass is 10.2. The monoisotopic (exact) mass is 273 g/mol. The first kappa shape index (κ1) is 13.3. The number of rotatable bonds is 2. The zero-order valence-electron chi connectivity index (χ0n) is 9.70. The van der Waals surface area contributed by atoms with Crippen LogP contribution in [0.1, 0.15) is 5.56 Å². The van der Waals surface area contributed by atoms with Crippen LogP contribution in [0, 0.1) is 36.0 Å². The van der Waals surface area contributed by atoms with Gasteiger partial charge in [-0.15, -0.1) is 0 Å². The van der Waals surface area contributed by atoms with Crippen molar-refractivity contribution < 1.29 is 22.0 Å². The van der Waals surface area contributed by atoms with Gasteiger partial charge in [-0.3, -0.25) is 0 Å². The highest BCUT2D eigenvalue weighted by molar-refractivity contribution is 5.61. The Hall–Kier alpha value is -2.11. The van der Waals surface area contributed by atoms with Crippen molar-refractivity contribution in [1.82, 2.24) is 0 Å². The number of aryl methyl sites for hydroxylation is 1. The van der Waals surface area contributed by atoms with Crippen LogP contribution in [0.25, 0.3) is 0 Å². The molecule has 0 radical (unpaired) electrons. The van der Waals surface area contributed by atoms with Gasteiger partial charge >= 0.3 is 0 Å². The van der Waals surface area contributed by atoms with E-state index in [0.717, 1.165) is 5.56 Å². The summed E-state index contributed by atoms with van der Waals surface area (Å²) in [5.74, 6) is -9.91. The van der Waals surface area contributed by atoms with Gasteiger partial charge in [0.1, 0.15) is 5.69 Å². The Morgan fingerprint density at radius 2 is 1.32 bits per heavy atom. The molecule has 0 aromatic heterocycles. The average molecular weight is 273 g/mol. The molecule has 100 valence electrons. The van der Waals surface area contributed by atoms with Crippen molar-refractivity contribution in [2.75, 3.05) is 5.32 Å². The first-order chi connectivity index (χ1) is 8.91. The van der Waals surface area contributed by atoms with Gasteiger partial charge in [-0.2, -0.15) is 0 Å². The fraction of sp³-hybridized carbons (Fsp3) is 0.0769. The molecule has 6 heteroatoms. The fourth-order valence-corrected chi connectivity index (χ4v) is 1.58. The van der Waals surface area contributed by atoms with Crippen molar-refractivity contribution in [3.05, 3.63) is 58.9 Å². The Kier molecular flexibility index (Phi) is 3.42. The lowest BCUT2D eigenvalue weighted by Gasteiger charge is -2.11. The maximum atomic E-state index is 13.4. The van der Waals surface area contributed by atoms with Crippen molar-refractivity contribution in [1.29, 1.82) is 0 Å². The van der Waals surface area contributed by atoms with Gasteiger partial charge in [0.25, 0.3) is 0 Å². The van der Waals surface area contributed by atoms with E-state index < -0.39 is 34.8 Å². The third-order valence-corrected chi connectivity index (χ3v) is 2.50. The smallest absolute Gasteiger partial charge is 0.200 e. The predicted octanol–water partition coefficient (Wildman–Crippen LogP) is 4.43. The Balaban J connectivity index is 2.52. The highest BCUT2D eigenvalue weighted by atomic mass is 19.2. The number of anilines is 2. The van der Waals surface area contributed by atoms with Crippen LogP contribution in [0.5, 0.6) is 0 Å². The number of nitrogens with one attached hydrogen (secondary N) is 1. The first-order valence-corrected chi connectivity index (χ1v) is 5.27. The zero-order chi connectivity index (χ0) is 14.2. The topological polar surface area (TPSA) is 12.0 Å². The van der Waals surface area contributed by atoms with Gasteiger partial charge < -0.3 is 5.32 Å². The van der Waals surface area contributed by atoms with Crippen LogP contribution in [-0.2, 0) is 0 Å². The summed E-state index contributed by atoms with van der Waals surface area (Å²) < 4.78 is 65.6. The van der Waals surface area contributed by atoms with Gasteiger partial charge in [0.05, 0.1) is 0 Å². The largest absolute Gasteiger partial charge is 0.351 e. The minimum atomic E-state index is -2.18. The summed E-state index contributed by atoms with van der Waals surface area (Å²) in [4.78, 5) is 0. The summed E-state index contributed by atoms with van der Waals surface area (Å²) in [6.45, 7) is 1.73. The predicted molar refractivity (Wildman–Crippen MR) is 60.7 cm³/mol. The van der Waals surface area contributed by atoms with Crippen LogP contribution in [-0.4, -0.2) is 0 Å². The molecule has 0 saturated carbocycles. The molecule has 0 aliphatic heterocycles. The normalized spacial score (nSPS) is 10.6. The van der Waals surface area contributed by atoms with Crippen molar-refractivity contribution >= 4 is 11.4 Å². The van der Waals surface area contributed by atoms with E-state index in [2.05, 4.69) is 5.32 Å². The number of hydrogen-bond donors (Lipinski definition) is 1. The molecule has 0 heterocycles. The van der Waals surface area contributed by atoms with Gasteiger partial charge in [-0.05, 0) is 24.6 Å². The SMILES string of the molecule is Cc1cccc(Nc2c(F)c(F)c(F)c(F)c2F)c1. The van der Waals surface area contributed by atoms with Gasteiger partial charge in [-0.25, -0.2) is 22.0 Å². The van der Waals surface area contributed by atoms with Crippen LogP contribution >= 0.6 is 0 Å². The van der Waals surface area contributed by atoms with Crippen LogP contribution < -0.4 is 5.32 Å². The second-order valence-electron chi connectivity index (χ2n) is 3.94. The molecule has 2 rings (SSSR count). The Labute approximate surface area is 105 Å². The molecule has 2 aromatic carbocycles. The number of benzene rings is 2. The van der Waals surface area contributed by atoms with Crippen LogP contribution in [0.2, 0.25) is 0 Å². The summed E-state index contributed by atoms with van der Waals surface area (Å²) in [6.07, 6.45) is 0. The molecule has 1 nitrogen and oxygen atoms in total. The molecule has 0 aliphatic rings. The minimum absolute atomic E-state index is 0.225. The van der Waals surface area contributed by atoms with E-state index >= 15 is 0 Å². The molecule has 0 fully saturated rings. The second-order valence-corrected chi connectivity index (χ2v) is 3.94. The highest BCUT2D eigenvalue weighted by Gasteiger charge is 2.25. The highest BCUT2D eigenvalue weighted by Crippen LogP contribution is 2.29. The fourth-order valence-electron chi connectivity index (χ4n) is 1.58. The Bertz CT molecular complexity index is 610. The van der Waals surface area contributed by atoms with E-state index in [1.807, 2.05) is 0 Å². The molecule has 2 aromatic rings. The summed E-state index contributed by atoms with van der Waals surface area (Å²) in [6, 6.07) is 6.27. The van der Waals surface area contributed by atoms with E-state index in [4.69, 9.17) is 0 Å². The van der Waals surface area contributed by atoms with E-state index in [1.54, 1.807) is 19.1 Å². The van der Waals surface area contributed by atoms with Crippen molar-refractivity contribution in [3.8, 4) is 0 Å². The van der Waals surface area contributed by atoms with Crippen molar-refractivity contribution in [2.45, 2.75) is 6.92 Å². The first-order valence-electron chi connectivity index (χ1n) is 5.27.